The predicted molar refractivity (Wildman–Crippen MR) is 30.9 cm³/mol. The number of hydrogen-bond acceptors (Lipinski definition) is 3. The van der Waals surface area contributed by atoms with Crippen molar-refractivity contribution in [2.75, 3.05) is 0 Å². The summed E-state index contributed by atoms with van der Waals surface area (Å²) in [5.74, 6) is 0. The third-order valence-electron chi connectivity index (χ3n) is 1.16. The molecule has 0 atom stereocenters. The smallest absolute Gasteiger partial charge is 0.130 e. The lowest BCUT2D eigenvalue weighted by Gasteiger charge is -1.87. The highest BCUT2D eigenvalue weighted by atomic mass is 16.3. The minimum atomic E-state index is 0.803. The molecule has 0 aliphatic carbocycles. The van der Waals surface area contributed by atoms with Crippen LogP contribution in [0, 0.1) is 0 Å². The first-order valence-electron chi connectivity index (χ1n) is 2.60. The summed E-state index contributed by atoms with van der Waals surface area (Å²) in [6.45, 7) is 0. The molecule has 0 bridgehead atoms. The molecule has 3 heteroatoms. The molecule has 0 radical (unpaired) electrons. The summed E-state index contributed by atoms with van der Waals surface area (Å²) in [6.07, 6.45) is 4.87. The zero-order valence-corrected chi connectivity index (χ0v) is 4.61. The fraction of sp³-hybridized carbons (Fsp3) is 0. The highest BCUT2D eigenvalue weighted by Crippen LogP contribution is 2.15. The molecule has 2 heterocycles. The van der Waals surface area contributed by atoms with Gasteiger partial charge in [0, 0.05) is 5.56 Å². The topological polar surface area (TPSA) is 38.9 Å². The van der Waals surface area contributed by atoms with Gasteiger partial charge in [0.1, 0.15) is 12.0 Å². The molecule has 44 valence electrons. The summed E-state index contributed by atoms with van der Waals surface area (Å²) in [7, 11) is 0. The average molecular weight is 120 g/mol. The van der Waals surface area contributed by atoms with Gasteiger partial charge in [-0.15, -0.1) is 5.10 Å². The zero-order chi connectivity index (χ0) is 6.10. The van der Waals surface area contributed by atoms with Crippen LogP contribution < -0.4 is 0 Å². The van der Waals surface area contributed by atoms with Crippen molar-refractivity contribution in [3.05, 3.63) is 24.8 Å². The molecule has 0 aromatic heterocycles. The van der Waals surface area contributed by atoms with E-state index in [1.165, 1.54) is 0 Å². The SMILES string of the molecule is c1cc2cnnc-2co1. The van der Waals surface area contributed by atoms with Gasteiger partial charge in [-0.05, 0) is 6.07 Å². The predicted octanol–water partition coefficient (Wildman–Crippen LogP) is 1.17. The van der Waals surface area contributed by atoms with E-state index in [0.29, 0.717) is 0 Å². The Hall–Kier alpha value is -1.38. The summed E-state index contributed by atoms with van der Waals surface area (Å²) in [4.78, 5) is 0. The maximum atomic E-state index is 4.85. The Morgan fingerprint density at radius 1 is 1.44 bits per heavy atom. The molecule has 2 aliphatic rings. The fourth-order valence-corrected chi connectivity index (χ4v) is 0.713. The minimum Gasteiger partial charge on any atom is -0.470 e. The first-order valence-corrected chi connectivity index (χ1v) is 2.60. The second-order valence-electron chi connectivity index (χ2n) is 1.74. The normalized spacial score (nSPS) is 10.2. The van der Waals surface area contributed by atoms with Gasteiger partial charge >= 0.3 is 0 Å². The van der Waals surface area contributed by atoms with E-state index in [2.05, 4.69) is 10.2 Å². The van der Waals surface area contributed by atoms with Crippen LogP contribution in [0.4, 0.5) is 0 Å². The number of fused-ring (bicyclic) bond motifs is 1. The van der Waals surface area contributed by atoms with Crippen molar-refractivity contribution in [2.24, 2.45) is 0 Å². The van der Waals surface area contributed by atoms with Crippen molar-refractivity contribution in [1.29, 1.82) is 0 Å². The second-order valence-corrected chi connectivity index (χ2v) is 1.74. The van der Waals surface area contributed by atoms with Crippen LogP contribution in [0.25, 0.3) is 11.3 Å². The van der Waals surface area contributed by atoms with Gasteiger partial charge in [-0.1, -0.05) is 0 Å². The van der Waals surface area contributed by atoms with Crippen LogP contribution in [0.5, 0.6) is 0 Å². The maximum Gasteiger partial charge on any atom is 0.130 e. The quantitative estimate of drug-likeness (QED) is 0.524. The van der Waals surface area contributed by atoms with E-state index in [1.807, 2.05) is 6.07 Å². The van der Waals surface area contributed by atoms with E-state index in [4.69, 9.17) is 4.42 Å². The van der Waals surface area contributed by atoms with Crippen LogP contribution in [0.3, 0.4) is 0 Å². The maximum absolute atomic E-state index is 4.85. The molecular formula is C6H4N2O. The largest absolute Gasteiger partial charge is 0.470 e. The van der Waals surface area contributed by atoms with Crippen LogP contribution >= 0.6 is 0 Å². The van der Waals surface area contributed by atoms with Crippen molar-refractivity contribution in [3.8, 4) is 11.3 Å². The van der Waals surface area contributed by atoms with E-state index >= 15 is 0 Å². The molecule has 0 fully saturated rings. The monoisotopic (exact) mass is 120 g/mol. The summed E-state index contributed by atoms with van der Waals surface area (Å²) >= 11 is 0. The van der Waals surface area contributed by atoms with E-state index in [-0.39, 0.29) is 0 Å². The number of rotatable bonds is 0. The molecule has 2 rings (SSSR count). The molecule has 0 N–H and O–H groups in total. The third kappa shape index (κ3) is 0.579. The standard InChI is InChI=1S/C6H4N2O/c1-2-9-4-6-5(1)3-7-8-6/h1-4H. The van der Waals surface area contributed by atoms with Gasteiger partial charge in [0.2, 0.25) is 0 Å². The lowest BCUT2D eigenvalue weighted by Crippen LogP contribution is -1.71. The Morgan fingerprint density at radius 2 is 2.44 bits per heavy atom. The van der Waals surface area contributed by atoms with Gasteiger partial charge in [0.15, 0.2) is 0 Å². The summed E-state index contributed by atoms with van der Waals surface area (Å²) in [6, 6.07) is 1.83. The summed E-state index contributed by atoms with van der Waals surface area (Å²) < 4.78 is 4.85. The number of aromatic nitrogens is 2. The first kappa shape index (κ1) is 4.49. The Balaban J connectivity index is 2.79. The molecule has 0 saturated carbocycles. The van der Waals surface area contributed by atoms with Crippen molar-refractivity contribution in [1.82, 2.24) is 10.2 Å². The summed E-state index contributed by atoms with van der Waals surface area (Å²) in [5, 5.41) is 7.47. The molecule has 0 spiro atoms. The Labute approximate surface area is 51.7 Å². The van der Waals surface area contributed by atoms with Crippen LogP contribution in [0.15, 0.2) is 29.2 Å². The third-order valence-corrected chi connectivity index (χ3v) is 1.16. The first-order chi connectivity index (χ1) is 4.47. The van der Waals surface area contributed by atoms with Gasteiger partial charge in [-0.2, -0.15) is 5.10 Å². The molecule has 2 aliphatic heterocycles. The molecule has 9 heavy (non-hydrogen) atoms. The van der Waals surface area contributed by atoms with Gasteiger partial charge in [-0.3, -0.25) is 0 Å². The molecule has 0 unspecified atom stereocenters. The van der Waals surface area contributed by atoms with Crippen molar-refractivity contribution >= 4 is 0 Å². The van der Waals surface area contributed by atoms with Gasteiger partial charge in [-0.25, -0.2) is 0 Å². The average Bonchev–Trinajstić information content (AvgIpc) is 2.33. The van der Waals surface area contributed by atoms with E-state index in [0.717, 1.165) is 11.3 Å². The Kier molecular flexibility index (Phi) is 0.773. The molecule has 3 nitrogen and oxygen atoms in total. The highest BCUT2D eigenvalue weighted by Gasteiger charge is 2.01. The van der Waals surface area contributed by atoms with Crippen molar-refractivity contribution in [3.63, 3.8) is 0 Å². The molecule has 0 amide bonds. The molecule has 0 aromatic carbocycles. The lowest BCUT2D eigenvalue weighted by atomic mass is 10.2. The fourth-order valence-electron chi connectivity index (χ4n) is 0.713. The van der Waals surface area contributed by atoms with E-state index in [1.54, 1.807) is 18.7 Å². The number of nitrogens with zero attached hydrogens (tertiary/aromatic N) is 2. The highest BCUT2D eigenvalue weighted by molar-refractivity contribution is 5.56. The zero-order valence-electron chi connectivity index (χ0n) is 4.61. The Bertz CT molecular complexity index is 251. The molecule has 0 aromatic rings. The summed E-state index contributed by atoms with van der Waals surface area (Å²) in [5.41, 5.74) is 1.82. The van der Waals surface area contributed by atoms with Crippen LogP contribution in [-0.4, -0.2) is 10.2 Å². The minimum absolute atomic E-state index is 0.803. The van der Waals surface area contributed by atoms with Crippen LogP contribution in [0.1, 0.15) is 0 Å². The molecule has 0 saturated heterocycles. The number of hydrogen-bond donors (Lipinski definition) is 0. The van der Waals surface area contributed by atoms with Gasteiger partial charge < -0.3 is 4.42 Å². The second kappa shape index (κ2) is 1.55. The van der Waals surface area contributed by atoms with Gasteiger partial charge in [0.05, 0.1) is 12.5 Å². The van der Waals surface area contributed by atoms with E-state index < -0.39 is 0 Å². The van der Waals surface area contributed by atoms with Crippen molar-refractivity contribution < 1.29 is 4.42 Å². The molecular weight excluding hydrogens is 116 g/mol. The van der Waals surface area contributed by atoms with Crippen LogP contribution in [0.2, 0.25) is 0 Å². The van der Waals surface area contributed by atoms with Crippen molar-refractivity contribution in [2.45, 2.75) is 0 Å². The van der Waals surface area contributed by atoms with Crippen LogP contribution in [-0.2, 0) is 0 Å². The Morgan fingerprint density at radius 3 is 3.33 bits per heavy atom. The van der Waals surface area contributed by atoms with E-state index in [9.17, 15) is 0 Å². The van der Waals surface area contributed by atoms with Gasteiger partial charge in [0.25, 0.3) is 0 Å². The lowest BCUT2D eigenvalue weighted by molar-refractivity contribution is 0.550.